The largest absolute Gasteiger partial charge is 0.480 e. The SMILES string of the molecule is CCC(C)CC(C)NC(=O)NCCOCC(=O)O. The van der Waals surface area contributed by atoms with E-state index in [1.807, 2.05) is 6.92 Å². The smallest absolute Gasteiger partial charge is 0.329 e. The zero-order valence-electron chi connectivity index (χ0n) is 11.4. The number of carbonyl (C=O) groups is 2. The van der Waals surface area contributed by atoms with E-state index in [4.69, 9.17) is 9.84 Å². The molecule has 0 spiro atoms. The number of hydrogen-bond acceptors (Lipinski definition) is 3. The maximum atomic E-state index is 11.4. The van der Waals surface area contributed by atoms with Crippen molar-refractivity contribution in [2.75, 3.05) is 19.8 Å². The van der Waals surface area contributed by atoms with Crippen molar-refractivity contribution in [1.82, 2.24) is 10.6 Å². The van der Waals surface area contributed by atoms with Gasteiger partial charge in [0.15, 0.2) is 0 Å². The summed E-state index contributed by atoms with van der Waals surface area (Å²) in [6, 6.07) is -0.121. The summed E-state index contributed by atoms with van der Waals surface area (Å²) in [6.07, 6.45) is 2.04. The molecule has 3 N–H and O–H groups in total. The Hall–Kier alpha value is -1.30. The summed E-state index contributed by atoms with van der Waals surface area (Å²) in [5.74, 6) is -0.430. The van der Waals surface area contributed by atoms with Crippen molar-refractivity contribution in [2.45, 2.75) is 39.7 Å². The van der Waals surface area contributed by atoms with Gasteiger partial charge in [-0.1, -0.05) is 20.3 Å². The van der Waals surface area contributed by atoms with Crippen LogP contribution in [0.1, 0.15) is 33.6 Å². The van der Waals surface area contributed by atoms with Crippen LogP contribution in [0.25, 0.3) is 0 Å². The fourth-order valence-corrected chi connectivity index (χ4v) is 1.50. The number of carboxylic acid groups (broad SMARTS) is 1. The number of nitrogens with one attached hydrogen (secondary N) is 2. The Balaban J connectivity index is 3.55. The van der Waals surface area contributed by atoms with Crippen molar-refractivity contribution in [2.24, 2.45) is 5.92 Å². The highest BCUT2D eigenvalue weighted by atomic mass is 16.5. The number of aliphatic carboxylic acids is 1. The second-order valence-corrected chi connectivity index (χ2v) is 4.50. The van der Waals surface area contributed by atoms with Crippen LogP contribution in [0.15, 0.2) is 0 Å². The van der Waals surface area contributed by atoms with Gasteiger partial charge in [-0.3, -0.25) is 0 Å². The first-order valence-corrected chi connectivity index (χ1v) is 6.29. The molecule has 2 amide bonds. The van der Waals surface area contributed by atoms with Gasteiger partial charge in [-0.15, -0.1) is 0 Å². The number of amides is 2. The second-order valence-electron chi connectivity index (χ2n) is 4.50. The third-order valence-electron chi connectivity index (χ3n) is 2.59. The predicted molar refractivity (Wildman–Crippen MR) is 68.5 cm³/mol. The van der Waals surface area contributed by atoms with Gasteiger partial charge < -0.3 is 20.5 Å². The molecule has 0 aromatic carbocycles. The van der Waals surface area contributed by atoms with Crippen molar-refractivity contribution < 1.29 is 19.4 Å². The zero-order valence-corrected chi connectivity index (χ0v) is 11.4. The molecule has 0 bridgehead atoms. The minimum absolute atomic E-state index is 0.125. The van der Waals surface area contributed by atoms with Crippen LogP contribution in [0, 0.1) is 5.92 Å². The highest BCUT2D eigenvalue weighted by molar-refractivity contribution is 5.74. The molecule has 0 aliphatic heterocycles. The van der Waals surface area contributed by atoms with Crippen LogP contribution in [0.4, 0.5) is 4.79 Å². The Morgan fingerprint density at radius 1 is 1.33 bits per heavy atom. The van der Waals surface area contributed by atoms with Crippen LogP contribution < -0.4 is 10.6 Å². The molecule has 18 heavy (non-hydrogen) atoms. The van der Waals surface area contributed by atoms with Crippen LogP contribution in [-0.4, -0.2) is 42.9 Å². The Bertz CT molecular complexity index is 258. The van der Waals surface area contributed by atoms with Crippen LogP contribution >= 0.6 is 0 Å². The average Bonchev–Trinajstić information content (AvgIpc) is 2.27. The topological polar surface area (TPSA) is 87.7 Å². The van der Waals surface area contributed by atoms with Crippen LogP contribution in [0.3, 0.4) is 0 Å². The monoisotopic (exact) mass is 260 g/mol. The highest BCUT2D eigenvalue weighted by Gasteiger charge is 2.09. The molecular formula is C12H24N2O4. The molecule has 6 nitrogen and oxygen atoms in total. The fourth-order valence-electron chi connectivity index (χ4n) is 1.50. The van der Waals surface area contributed by atoms with Crippen molar-refractivity contribution in [1.29, 1.82) is 0 Å². The average molecular weight is 260 g/mol. The summed E-state index contributed by atoms with van der Waals surface area (Å²) in [4.78, 5) is 21.6. The van der Waals surface area contributed by atoms with Crippen molar-refractivity contribution in [3.05, 3.63) is 0 Å². The van der Waals surface area contributed by atoms with E-state index in [0.717, 1.165) is 12.8 Å². The first kappa shape index (κ1) is 16.7. The molecule has 2 unspecified atom stereocenters. The van der Waals surface area contributed by atoms with E-state index in [-0.39, 0.29) is 25.3 Å². The van der Waals surface area contributed by atoms with Crippen LogP contribution in [-0.2, 0) is 9.53 Å². The third-order valence-corrected chi connectivity index (χ3v) is 2.59. The molecule has 0 heterocycles. The van der Waals surface area contributed by atoms with E-state index >= 15 is 0 Å². The minimum Gasteiger partial charge on any atom is -0.480 e. The maximum absolute atomic E-state index is 11.4. The van der Waals surface area contributed by atoms with Crippen molar-refractivity contribution in [3.8, 4) is 0 Å². The molecular weight excluding hydrogens is 236 g/mol. The molecule has 0 radical (unpaired) electrons. The van der Waals surface area contributed by atoms with Gasteiger partial charge in [-0.2, -0.15) is 0 Å². The summed E-state index contributed by atoms with van der Waals surface area (Å²) >= 11 is 0. The Labute approximate surface area is 108 Å². The van der Waals surface area contributed by atoms with Gasteiger partial charge in [0.1, 0.15) is 6.61 Å². The van der Waals surface area contributed by atoms with E-state index in [1.165, 1.54) is 0 Å². The molecule has 0 fully saturated rings. The molecule has 0 aromatic rings. The standard InChI is InChI=1S/C12H24N2O4/c1-4-9(2)7-10(3)14-12(17)13-5-6-18-8-11(15)16/h9-10H,4-8H2,1-3H3,(H,15,16)(H2,13,14,17). The first-order chi connectivity index (χ1) is 8.45. The summed E-state index contributed by atoms with van der Waals surface area (Å²) < 4.78 is 4.79. The van der Waals surface area contributed by atoms with Crippen LogP contribution in [0.5, 0.6) is 0 Å². The summed E-state index contributed by atoms with van der Waals surface area (Å²) in [5.41, 5.74) is 0. The number of carboxylic acids is 1. The molecule has 0 aliphatic rings. The van der Waals surface area contributed by atoms with E-state index in [1.54, 1.807) is 0 Å². The molecule has 0 rings (SSSR count). The van der Waals surface area contributed by atoms with Gasteiger partial charge in [-0.25, -0.2) is 9.59 Å². The van der Waals surface area contributed by atoms with Gasteiger partial charge in [-0.05, 0) is 19.3 Å². The van der Waals surface area contributed by atoms with E-state index in [0.29, 0.717) is 12.5 Å². The highest BCUT2D eigenvalue weighted by Crippen LogP contribution is 2.08. The molecule has 0 aromatic heterocycles. The van der Waals surface area contributed by atoms with E-state index in [2.05, 4.69) is 24.5 Å². The molecule has 0 saturated carbocycles. The molecule has 6 heteroatoms. The van der Waals surface area contributed by atoms with Gasteiger partial charge in [0, 0.05) is 12.6 Å². The van der Waals surface area contributed by atoms with Crippen molar-refractivity contribution in [3.63, 3.8) is 0 Å². The van der Waals surface area contributed by atoms with Gasteiger partial charge in [0.2, 0.25) is 0 Å². The number of hydrogen-bond donors (Lipinski definition) is 3. The first-order valence-electron chi connectivity index (χ1n) is 6.29. The maximum Gasteiger partial charge on any atom is 0.329 e. The predicted octanol–water partition coefficient (Wildman–Crippen LogP) is 1.21. The normalized spacial score (nSPS) is 13.7. The lowest BCUT2D eigenvalue weighted by Crippen LogP contribution is -2.42. The number of carbonyl (C=O) groups excluding carboxylic acids is 1. The van der Waals surface area contributed by atoms with Crippen molar-refractivity contribution >= 4 is 12.0 Å². The second kappa shape index (κ2) is 9.70. The molecule has 106 valence electrons. The van der Waals surface area contributed by atoms with Gasteiger partial charge in [0.05, 0.1) is 6.61 Å². The Morgan fingerprint density at radius 2 is 2.00 bits per heavy atom. The summed E-state index contributed by atoms with van der Waals surface area (Å²) in [6.45, 7) is 6.39. The Morgan fingerprint density at radius 3 is 2.56 bits per heavy atom. The van der Waals surface area contributed by atoms with Gasteiger partial charge >= 0.3 is 12.0 Å². The van der Waals surface area contributed by atoms with Gasteiger partial charge in [0.25, 0.3) is 0 Å². The van der Waals surface area contributed by atoms with Crippen LogP contribution in [0.2, 0.25) is 0 Å². The lowest BCUT2D eigenvalue weighted by atomic mass is 10.0. The summed E-state index contributed by atoms with van der Waals surface area (Å²) in [7, 11) is 0. The quantitative estimate of drug-likeness (QED) is 0.544. The minimum atomic E-state index is -1.01. The molecule has 0 aliphatic carbocycles. The molecule has 2 atom stereocenters. The fraction of sp³-hybridized carbons (Fsp3) is 0.833. The number of rotatable bonds is 9. The number of urea groups is 1. The zero-order chi connectivity index (χ0) is 14.0. The molecule has 0 saturated heterocycles. The lowest BCUT2D eigenvalue weighted by Gasteiger charge is -2.17. The summed E-state index contributed by atoms with van der Waals surface area (Å²) in [5, 5.41) is 13.8. The Kier molecular flexibility index (Phi) is 9.00. The number of ether oxygens (including phenoxy) is 1. The van der Waals surface area contributed by atoms with E-state index < -0.39 is 5.97 Å². The third kappa shape index (κ3) is 9.89. The lowest BCUT2D eigenvalue weighted by molar-refractivity contribution is -0.142. The van der Waals surface area contributed by atoms with E-state index in [9.17, 15) is 9.59 Å².